The van der Waals surface area contributed by atoms with Gasteiger partial charge in [-0.25, -0.2) is 0 Å². The van der Waals surface area contributed by atoms with Crippen molar-refractivity contribution in [3.05, 3.63) is 23.8 Å². The number of rotatable bonds is 4. The lowest BCUT2D eigenvalue weighted by atomic mass is 10.1. The number of quaternary nitrogens is 1. The van der Waals surface area contributed by atoms with Gasteiger partial charge in [0.25, 0.3) is 5.91 Å². The van der Waals surface area contributed by atoms with Gasteiger partial charge in [0.2, 0.25) is 0 Å². The highest BCUT2D eigenvalue weighted by atomic mass is 16.6. The monoisotopic (exact) mass is 307 g/mol. The van der Waals surface area contributed by atoms with Crippen LogP contribution in [0.1, 0.15) is 18.5 Å². The molecule has 0 aromatic heterocycles. The van der Waals surface area contributed by atoms with Gasteiger partial charge in [0.15, 0.2) is 18.0 Å². The highest BCUT2D eigenvalue weighted by Crippen LogP contribution is 2.32. The van der Waals surface area contributed by atoms with Crippen LogP contribution in [0.15, 0.2) is 18.2 Å². The Balaban J connectivity index is 1.56. The summed E-state index contributed by atoms with van der Waals surface area (Å²) in [5.74, 6) is 1.59. The summed E-state index contributed by atoms with van der Waals surface area (Å²) in [5, 5.41) is 3.05. The second-order valence-electron chi connectivity index (χ2n) is 5.73. The number of hydrogen-bond donors (Lipinski definition) is 2. The van der Waals surface area contributed by atoms with E-state index in [1.54, 1.807) is 0 Å². The van der Waals surface area contributed by atoms with E-state index in [1.807, 2.05) is 25.1 Å². The van der Waals surface area contributed by atoms with Crippen LogP contribution < -0.4 is 19.7 Å². The number of benzene rings is 1. The molecule has 1 atom stereocenters. The van der Waals surface area contributed by atoms with Crippen LogP contribution in [0.4, 0.5) is 0 Å². The molecule has 3 rings (SSSR count). The molecule has 0 unspecified atom stereocenters. The fraction of sp³-hybridized carbons (Fsp3) is 0.562. The fourth-order valence-corrected chi connectivity index (χ4v) is 2.77. The normalized spacial score (nSPS) is 19.5. The average Bonchev–Trinajstić information content (AvgIpc) is 2.55. The summed E-state index contributed by atoms with van der Waals surface area (Å²) < 4.78 is 16.4. The van der Waals surface area contributed by atoms with Gasteiger partial charge in [-0.3, -0.25) is 4.79 Å². The summed E-state index contributed by atoms with van der Waals surface area (Å²) in [6, 6.07) is 5.77. The van der Waals surface area contributed by atoms with E-state index in [0.29, 0.717) is 19.8 Å². The first kappa shape index (κ1) is 15.1. The Hall–Kier alpha value is -1.79. The maximum absolute atomic E-state index is 12.2. The topological polar surface area (TPSA) is 61.2 Å². The summed E-state index contributed by atoms with van der Waals surface area (Å²) in [6.07, 6.45) is 0. The molecule has 0 aliphatic carbocycles. The quantitative estimate of drug-likeness (QED) is 0.791. The molecule has 0 bridgehead atoms. The highest BCUT2D eigenvalue weighted by molar-refractivity contribution is 5.77. The largest absolute Gasteiger partial charge is 0.486 e. The van der Waals surface area contributed by atoms with E-state index in [1.165, 1.54) is 4.90 Å². The zero-order valence-corrected chi connectivity index (χ0v) is 12.9. The number of amides is 1. The van der Waals surface area contributed by atoms with E-state index in [-0.39, 0.29) is 11.9 Å². The molecule has 6 nitrogen and oxygen atoms in total. The SMILES string of the molecule is C[C@@H](NC(=O)C[NH+]1CCOCC1)c1ccc2c(c1)OCCO2. The van der Waals surface area contributed by atoms with Gasteiger partial charge < -0.3 is 24.4 Å². The zero-order valence-electron chi connectivity index (χ0n) is 12.9. The van der Waals surface area contributed by atoms with Crippen LogP contribution in [-0.2, 0) is 9.53 Å². The predicted octanol–water partition coefficient (Wildman–Crippen LogP) is -0.450. The van der Waals surface area contributed by atoms with E-state index < -0.39 is 0 Å². The van der Waals surface area contributed by atoms with Crippen LogP contribution in [0.5, 0.6) is 11.5 Å². The van der Waals surface area contributed by atoms with Crippen LogP contribution in [-0.4, -0.2) is 52.0 Å². The molecule has 1 amide bonds. The van der Waals surface area contributed by atoms with Crippen molar-refractivity contribution in [2.75, 3.05) is 46.1 Å². The van der Waals surface area contributed by atoms with E-state index >= 15 is 0 Å². The third kappa shape index (κ3) is 3.69. The van der Waals surface area contributed by atoms with Gasteiger partial charge in [-0.2, -0.15) is 0 Å². The second kappa shape index (κ2) is 6.98. The molecule has 1 aromatic rings. The van der Waals surface area contributed by atoms with Crippen molar-refractivity contribution in [3.8, 4) is 11.5 Å². The van der Waals surface area contributed by atoms with Crippen molar-refractivity contribution < 1.29 is 23.9 Å². The Morgan fingerprint density at radius 3 is 2.68 bits per heavy atom. The van der Waals surface area contributed by atoms with E-state index in [0.717, 1.165) is 43.4 Å². The lowest BCUT2D eigenvalue weighted by Gasteiger charge is -2.24. The molecule has 22 heavy (non-hydrogen) atoms. The van der Waals surface area contributed by atoms with Crippen LogP contribution in [0.3, 0.4) is 0 Å². The molecular formula is C16H23N2O4+. The van der Waals surface area contributed by atoms with Gasteiger partial charge in [0.05, 0.1) is 19.3 Å². The molecule has 2 N–H and O–H groups in total. The predicted molar refractivity (Wildman–Crippen MR) is 80.4 cm³/mol. The minimum absolute atomic E-state index is 0.0521. The van der Waals surface area contributed by atoms with Crippen molar-refractivity contribution >= 4 is 5.91 Å². The molecular weight excluding hydrogens is 284 g/mol. The van der Waals surface area contributed by atoms with Crippen LogP contribution in [0, 0.1) is 0 Å². The molecule has 6 heteroatoms. The number of ether oxygens (including phenoxy) is 3. The van der Waals surface area contributed by atoms with Gasteiger partial charge in [0, 0.05) is 0 Å². The molecule has 2 aliphatic heterocycles. The van der Waals surface area contributed by atoms with Crippen molar-refractivity contribution in [2.45, 2.75) is 13.0 Å². The first-order chi connectivity index (χ1) is 10.7. The third-order valence-electron chi connectivity index (χ3n) is 4.05. The summed E-state index contributed by atoms with van der Waals surface area (Å²) >= 11 is 0. The number of nitrogens with one attached hydrogen (secondary N) is 2. The van der Waals surface area contributed by atoms with Gasteiger partial charge >= 0.3 is 0 Å². The maximum atomic E-state index is 12.2. The standard InChI is InChI=1S/C16H22N2O4/c1-12(17-16(19)11-18-4-6-20-7-5-18)13-2-3-14-15(10-13)22-9-8-21-14/h2-3,10,12H,4-9,11H2,1H3,(H,17,19)/p+1/t12-/m1/s1. The summed E-state index contributed by atoms with van der Waals surface area (Å²) in [7, 11) is 0. The molecule has 0 radical (unpaired) electrons. The number of fused-ring (bicyclic) bond motifs is 1. The first-order valence-corrected chi connectivity index (χ1v) is 7.82. The zero-order chi connectivity index (χ0) is 15.4. The Morgan fingerprint density at radius 1 is 1.18 bits per heavy atom. The van der Waals surface area contributed by atoms with Gasteiger partial charge in [-0.1, -0.05) is 6.07 Å². The Kier molecular flexibility index (Phi) is 4.80. The molecule has 1 saturated heterocycles. The second-order valence-corrected chi connectivity index (χ2v) is 5.73. The Labute approximate surface area is 130 Å². The van der Waals surface area contributed by atoms with Crippen molar-refractivity contribution in [3.63, 3.8) is 0 Å². The lowest BCUT2D eigenvalue weighted by Crippen LogP contribution is -3.15. The van der Waals surface area contributed by atoms with Crippen LogP contribution in [0.25, 0.3) is 0 Å². The molecule has 2 heterocycles. The summed E-state index contributed by atoms with van der Waals surface area (Å²) in [4.78, 5) is 13.4. The third-order valence-corrected chi connectivity index (χ3v) is 4.05. The summed E-state index contributed by atoms with van der Waals surface area (Å²) in [5.41, 5.74) is 1.02. The average molecular weight is 307 g/mol. The van der Waals surface area contributed by atoms with E-state index in [9.17, 15) is 4.79 Å². The molecule has 120 valence electrons. The highest BCUT2D eigenvalue weighted by Gasteiger charge is 2.20. The Bertz CT molecular complexity index is 529. The fourth-order valence-electron chi connectivity index (χ4n) is 2.77. The number of hydrogen-bond acceptors (Lipinski definition) is 4. The van der Waals surface area contributed by atoms with Crippen molar-refractivity contribution in [1.29, 1.82) is 0 Å². The minimum atomic E-state index is -0.0521. The van der Waals surface area contributed by atoms with Gasteiger partial charge in [0.1, 0.15) is 26.3 Å². The van der Waals surface area contributed by atoms with Gasteiger partial charge in [-0.15, -0.1) is 0 Å². The van der Waals surface area contributed by atoms with Crippen molar-refractivity contribution in [2.24, 2.45) is 0 Å². The number of carbonyl (C=O) groups is 1. The number of carbonyl (C=O) groups excluding carboxylic acids is 1. The smallest absolute Gasteiger partial charge is 0.275 e. The van der Waals surface area contributed by atoms with E-state index in [4.69, 9.17) is 14.2 Å². The van der Waals surface area contributed by atoms with Crippen molar-refractivity contribution in [1.82, 2.24) is 5.32 Å². The van der Waals surface area contributed by atoms with E-state index in [2.05, 4.69) is 5.32 Å². The first-order valence-electron chi connectivity index (χ1n) is 7.82. The number of morpholine rings is 1. The van der Waals surface area contributed by atoms with Crippen LogP contribution >= 0.6 is 0 Å². The lowest BCUT2D eigenvalue weighted by molar-refractivity contribution is -0.900. The Morgan fingerprint density at radius 2 is 1.91 bits per heavy atom. The maximum Gasteiger partial charge on any atom is 0.275 e. The molecule has 1 fully saturated rings. The van der Waals surface area contributed by atoms with Crippen LogP contribution in [0.2, 0.25) is 0 Å². The van der Waals surface area contributed by atoms with Gasteiger partial charge in [-0.05, 0) is 24.6 Å². The summed E-state index contributed by atoms with van der Waals surface area (Å²) in [6.45, 7) is 6.90. The molecule has 0 spiro atoms. The minimum Gasteiger partial charge on any atom is -0.486 e. The molecule has 0 saturated carbocycles. The molecule has 2 aliphatic rings. The molecule has 1 aromatic carbocycles.